The third-order valence-electron chi connectivity index (χ3n) is 7.76. The summed E-state index contributed by atoms with van der Waals surface area (Å²) in [5.74, 6) is 0.310. The van der Waals surface area contributed by atoms with Gasteiger partial charge in [-0.05, 0) is 62.8 Å². The highest BCUT2D eigenvalue weighted by atomic mass is 16.6. The lowest BCUT2D eigenvalue weighted by Gasteiger charge is -2.49. The van der Waals surface area contributed by atoms with E-state index in [9.17, 15) is 10.2 Å². The second-order valence-corrected chi connectivity index (χ2v) is 12.0. The summed E-state index contributed by atoms with van der Waals surface area (Å²) in [6.45, 7) is 18.2. The fourth-order valence-electron chi connectivity index (χ4n) is 5.45. The van der Waals surface area contributed by atoms with Crippen LogP contribution in [0.4, 0.5) is 11.4 Å². The molecule has 4 N–H and O–H groups in total. The van der Waals surface area contributed by atoms with Crippen LogP contribution < -0.4 is 10.6 Å². The number of nitrogen functional groups attached to an aromatic ring is 1. The Morgan fingerprint density at radius 1 is 0.818 bits per heavy atom. The van der Waals surface area contributed by atoms with Crippen LogP contribution in [0, 0.1) is 0 Å². The van der Waals surface area contributed by atoms with Crippen molar-refractivity contribution >= 4 is 11.4 Å². The zero-order valence-corrected chi connectivity index (χ0v) is 27.9. The van der Waals surface area contributed by atoms with Crippen LogP contribution in [0.1, 0.15) is 70.4 Å². The van der Waals surface area contributed by atoms with Gasteiger partial charge in [0.2, 0.25) is 0 Å². The summed E-state index contributed by atoms with van der Waals surface area (Å²) >= 11 is 0. The summed E-state index contributed by atoms with van der Waals surface area (Å²) in [5, 5.41) is 19.9. The summed E-state index contributed by atoms with van der Waals surface area (Å²) in [5.41, 5.74) is 10.2. The maximum atomic E-state index is 10.2. The number of aliphatic hydroxyl groups excluding tert-OH is 2. The Labute approximate surface area is 265 Å². The fraction of sp³-hybridized carbons (Fsp3) is 0.818. The molecule has 0 aromatic heterocycles. The fourth-order valence-corrected chi connectivity index (χ4v) is 5.45. The van der Waals surface area contributed by atoms with Gasteiger partial charge in [-0.1, -0.05) is 13.8 Å². The minimum absolute atomic E-state index is 0.0277. The zero-order valence-electron chi connectivity index (χ0n) is 27.9. The molecule has 1 aromatic carbocycles. The highest BCUT2D eigenvalue weighted by Gasteiger charge is 2.39. The molecule has 1 heterocycles. The first kappa shape index (κ1) is 38.6. The molecule has 0 fully saturated rings. The molecule has 0 amide bonds. The lowest BCUT2D eigenvalue weighted by Crippen LogP contribution is -2.52. The standard InChI is InChI=1S/C33H60N2O9/c1-6-38-9-10-39-11-12-40-13-14-41-15-16-42-17-18-43-19-20-44-28(7-8-36)24-35-32-22-29(26(2)3)31(34)21-30(32)27(25-37)23-33(35,4)5/h21-22,26-28,36-37H,6-20,23-25,34H2,1-5H3. The highest BCUT2D eigenvalue weighted by molar-refractivity contribution is 5.68. The Balaban J connectivity index is 1.65. The number of nitrogens with zero attached hydrogens (tertiary/aromatic N) is 1. The van der Waals surface area contributed by atoms with Crippen LogP contribution in [-0.2, 0) is 33.2 Å². The molecule has 0 saturated carbocycles. The van der Waals surface area contributed by atoms with Crippen LogP contribution in [0.2, 0.25) is 0 Å². The molecule has 1 aliphatic heterocycles. The summed E-state index contributed by atoms with van der Waals surface area (Å²) in [7, 11) is 0. The molecular weight excluding hydrogens is 568 g/mol. The highest BCUT2D eigenvalue weighted by Crippen LogP contribution is 2.46. The average Bonchev–Trinajstić information content (AvgIpc) is 2.99. The van der Waals surface area contributed by atoms with E-state index in [-0.39, 0.29) is 36.7 Å². The Morgan fingerprint density at radius 2 is 1.32 bits per heavy atom. The van der Waals surface area contributed by atoms with Crippen molar-refractivity contribution in [3.05, 3.63) is 23.3 Å². The molecule has 11 nitrogen and oxygen atoms in total. The molecule has 2 unspecified atom stereocenters. The van der Waals surface area contributed by atoms with E-state index in [2.05, 4.69) is 38.7 Å². The van der Waals surface area contributed by atoms with Gasteiger partial charge in [-0.3, -0.25) is 0 Å². The second kappa shape index (κ2) is 22.1. The SMILES string of the molecule is CCOCCOCCOCCOCCOCCOCCOC(CCO)CN1c2cc(C(C)C)c(N)cc2C(CO)CC1(C)C. The van der Waals surface area contributed by atoms with E-state index >= 15 is 0 Å². The Bertz CT molecular complexity index is 887. The number of benzene rings is 1. The summed E-state index contributed by atoms with van der Waals surface area (Å²) in [4.78, 5) is 2.36. The number of anilines is 2. The van der Waals surface area contributed by atoms with Gasteiger partial charge in [0.15, 0.2) is 0 Å². The maximum absolute atomic E-state index is 10.2. The van der Waals surface area contributed by atoms with Gasteiger partial charge in [0, 0.05) is 42.6 Å². The molecular formula is C33H60N2O9. The van der Waals surface area contributed by atoms with Crippen molar-refractivity contribution in [3.63, 3.8) is 0 Å². The molecule has 0 aliphatic carbocycles. The first-order valence-corrected chi connectivity index (χ1v) is 16.3. The van der Waals surface area contributed by atoms with Gasteiger partial charge in [0.1, 0.15) is 0 Å². The molecule has 0 saturated heterocycles. The third kappa shape index (κ3) is 13.8. The van der Waals surface area contributed by atoms with Crippen molar-refractivity contribution in [1.29, 1.82) is 0 Å². The number of fused-ring (bicyclic) bond motifs is 1. The molecule has 11 heteroatoms. The molecule has 0 radical (unpaired) electrons. The van der Waals surface area contributed by atoms with Crippen molar-refractivity contribution in [2.75, 3.05) is 116 Å². The van der Waals surface area contributed by atoms with Crippen molar-refractivity contribution in [3.8, 4) is 0 Å². The van der Waals surface area contributed by atoms with E-state index in [1.807, 2.05) is 13.0 Å². The zero-order chi connectivity index (χ0) is 32.2. The molecule has 2 rings (SSSR count). The summed E-state index contributed by atoms with van der Waals surface area (Å²) in [6.07, 6.45) is 1.15. The van der Waals surface area contributed by atoms with E-state index < -0.39 is 0 Å². The normalized spacial score (nSPS) is 16.9. The predicted molar refractivity (Wildman–Crippen MR) is 173 cm³/mol. The van der Waals surface area contributed by atoms with E-state index in [0.717, 1.165) is 28.9 Å². The van der Waals surface area contributed by atoms with Gasteiger partial charge in [0.05, 0.1) is 92.0 Å². The smallest absolute Gasteiger partial charge is 0.0773 e. The van der Waals surface area contributed by atoms with Gasteiger partial charge in [-0.15, -0.1) is 0 Å². The summed E-state index contributed by atoms with van der Waals surface area (Å²) < 4.78 is 39.0. The van der Waals surface area contributed by atoms with E-state index in [0.29, 0.717) is 98.9 Å². The lowest BCUT2D eigenvalue weighted by atomic mass is 9.78. The Morgan fingerprint density at radius 3 is 1.77 bits per heavy atom. The number of ether oxygens (including phenoxy) is 7. The van der Waals surface area contributed by atoms with Gasteiger partial charge in [-0.25, -0.2) is 0 Å². The van der Waals surface area contributed by atoms with Gasteiger partial charge in [0.25, 0.3) is 0 Å². The van der Waals surface area contributed by atoms with Crippen LogP contribution in [0.25, 0.3) is 0 Å². The monoisotopic (exact) mass is 628 g/mol. The Hall–Kier alpha value is -1.54. The average molecular weight is 629 g/mol. The number of rotatable bonds is 26. The minimum atomic E-state index is -0.203. The first-order valence-electron chi connectivity index (χ1n) is 16.3. The number of hydrogen-bond acceptors (Lipinski definition) is 11. The molecule has 0 spiro atoms. The molecule has 1 aromatic rings. The van der Waals surface area contributed by atoms with Crippen LogP contribution in [-0.4, -0.2) is 128 Å². The van der Waals surface area contributed by atoms with Gasteiger partial charge < -0.3 is 54.0 Å². The molecule has 44 heavy (non-hydrogen) atoms. The number of hydrogen-bond donors (Lipinski definition) is 3. The van der Waals surface area contributed by atoms with Gasteiger partial charge >= 0.3 is 0 Å². The maximum Gasteiger partial charge on any atom is 0.0773 e. The topological polar surface area (TPSA) is 134 Å². The number of aliphatic hydroxyl groups is 2. The quantitative estimate of drug-likeness (QED) is 0.103. The molecule has 1 aliphatic rings. The second-order valence-electron chi connectivity index (χ2n) is 12.0. The van der Waals surface area contributed by atoms with Crippen molar-refractivity contribution in [2.45, 2.75) is 70.9 Å². The summed E-state index contributed by atoms with van der Waals surface area (Å²) in [6, 6.07) is 4.22. The van der Waals surface area contributed by atoms with Crippen molar-refractivity contribution in [1.82, 2.24) is 0 Å². The van der Waals surface area contributed by atoms with E-state index in [4.69, 9.17) is 38.9 Å². The largest absolute Gasteiger partial charge is 0.398 e. The lowest BCUT2D eigenvalue weighted by molar-refractivity contribution is -0.0289. The van der Waals surface area contributed by atoms with Crippen LogP contribution >= 0.6 is 0 Å². The van der Waals surface area contributed by atoms with E-state index in [1.165, 1.54) is 0 Å². The minimum Gasteiger partial charge on any atom is -0.398 e. The van der Waals surface area contributed by atoms with Crippen molar-refractivity contribution in [2.24, 2.45) is 0 Å². The number of nitrogens with two attached hydrogens (primary N) is 1. The van der Waals surface area contributed by atoms with Crippen molar-refractivity contribution < 1.29 is 43.4 Å². The molecule has 0 bridgehead atoms. The predicted octanol–water partition coefficient (Wildman–Crippen LogP) is 3.34. The van der Waals surface area contributed by atoms with Crippen LogP contribution in [0.5, 0.6) is 0 Å². The Kier molecular flexibility index (Phi) is 19.4. The van der Waals surface area contributed by atoms with Gasteiger partial charge in [-0.2, -0.15) is 0 Å². The third-order valence-corrected chi connectivity index (χ3v) is 7.76. The first-order chi connectivity index (χ1) is 21.2. The van der Waals surface area contributed by atoms with Crippen LogP contribution in [0.3, 0.4) is 0 Å². The molecule has 2 atom stereocenters. The molecule has 256 valence electrons. The van der Waals surface area contributed by atoms with E-state index in [1.54, 1.807) is 0 Å². The van der Waals surface area contributed by atoms with Crippen LogP contribution in [0.15, 0.2) is 12.1 Å².